The molecule has 0 radical (unpaired) electrons. The summed E-state index contributed by atoms with van der Waals surface area (Å²) in [6.07, 6.45) is 4.10. The van der Waals surface area contributed by atoms with E-state index >= 15 is 0 Å². The van der Waals surface area contributed by atoms with Crippen LogP contribution in [0.2, 0.25) is 0 Å². The van der Waals surface area contributed by atoms with Gasteiger partial charge in [-0.3, -0.25) is 4.79 Å². The summed E-state index contributed by atoms with van der Waals surface area (Å²) < 4.78 is 5.14. The quantitative estimate of drug-likeness (QED) is 0.431. The van der Waals surface area contributed by atoms with E-state index in [-0.39, 0.29) is 17.0 Å². The fourth-order valence-corrected chi connectivity index (χ4v) is 2.00. The van der Waals surface area contributed by atoms with Crippen molar-refractivity contribution in [1.29, 1.82) is 0 Å². The second-order valence-electron chi connectivity index (χ2n) is 5.17. The minimum absolute atomic E-state index is 0.0968. The topological polar surface area (TPSA) is 67.4 Å². The Morgan fingerprint density at radius 3 is 2.35 bits per heavy atom. The first kappa shape index (κ1) is 19.1. The van der Waals surface area contributed by atoms with Gasteiger partial charge in [0.15, 0.2) is 5.11 Å². The van der Waals surface area contributed by atoms with E-state index in [1.54, 1.807) is 24.3 Å². The van der Waals surface area contributed by atoms with Crippen molar-refractivity contribution < 1.29 is 14.3 Å². The highest BCUT2D eigenvalue weighted by molar-refractivity contribution is 7.80. The molecule has 0 aliphatic carbocycles. The summed E-state index contributed by atoms with van der Waals surface area (Å²) in [4.78, 5) is 23.3. The van der Waals surface area contributed by atoms with E-state index in [2.05, 4.69) is 10.6 Å². The molecule has 0 saturated heterocycles. The van der Waals surface area contributed by atoms with Gasteiger partial charge in [0.1, 0.15) is 0 Å². The molecular weight excluding hydrogens is 312 g/mol. The maximum absolute atomic E-state index is 11.8. The van der Waals surface area contributed by atoms with E-state index in [0.29, 0.717) is 24.3 Å². The first-order chi connectivity index (χ1) is 11.1. The van der Waals surface area contributed by atoms with Crippen LogP contribution < -0.4 is 10.6 Å². The third-order valence-electron chi connectivity index (χ3n) is 3.12. The molecule has 126 valence electrons. The van der Waals surface area contributed by atoms with Gasteiger partial charge in [-0.25, -0.2) is 4.79 Å². The minimum Gasteiger partial charge on any atom is -0.462 e. The standard InChI is InChI=1S/C17H24N2O3S/c1-3-5-7-15(20)19-17(23)18-14-10-8-13(9-11-14)16(21)22-12-6-4-2/h8-11H,3-7,12H2,1-2H3,(H2,18,19,20,23). The van der Waals surface area contributed by atoms with Gasteiger partial charge in [0.2, 0.25) is 5.91 Å². The lowest BCUT2D eigenvalue weighted by atomic mass is 10.2. The zero-order valence-corrected chi connectivity index (χ0v) is 14.5. The summed E-state index contributed by atoms with van der Waals surface area (Å²) >= 11 is 5.08. The second kappa shape index (κ2) is 10.7. The fourth-order valence-electron chi connectivity index (χ4n) is 1.77. The number of carbonyl (C=O) groups is 2. The molecule has 23 heavy (non-hydrogen) atoms. The predicted molar refractivity (Wildman–Crippen MR) is 95.5 cm³/mol. The molecule has 0 unspecified atom stereocenters. The highest BCUT2D eigenvalue weighted by Crippen LogP contribution is 2.11. The highest BCUT2D eigenvalue weighted by Gasteiger charge is 2.08. The van der Waals surface area contributed by atoms with Crippen LogP contribution in [0.3, 0.4) is 0 Å². The van der Waals surface area contributed by atoms with Crippen LogP contribution in [0.4, 0.5) is 5.69 Å². The molecule has 1 aromatic carbocycles. The number of hydrogen-bond acceptors (Lipinski definition) is 4. The van der Waals surface area contributed by atoms with Crippen LogP contribution in [0, 0.1) is 0 Å². The average Bonchev–Trinajstić information content (AvgIpc) is 2.53. The van der Waals surface area contributed by atoms with Crippen LogP contribution in [-0.2, 0) is 9.53 Å². The Morgan fingerprint density at radius 2 is 1.74 bits per heavy atom. The molecule has 2 N–H and O–H groups in total. The first-order valence-electron chi connectivity index (χ1n) is 7.94. The molecule has 0 atom stereocenters. The summed E-state index contributed by atoms with van der Waals surface area (Å²) in [6.45, 7) is 4.50. The summed E-state index contributed by atoms with van der Waals surface area (Å²) in [6, 6.07) is 6.78. The van der Waals surface area contributed by atoms with Gasteiger partial charge in [0.05, 0.1) is 12.2 Å². The molecule has 0 saturated carbocycles. The number of hydrogen-bond donors (Lipinski definition) is 2. The van der Waals surface area contributed by atoms with Gasteiger partial charge in [-0.15, -0.1) is 0 Å². The van der Waals surface area contributed by atoms with E-state index in [1.165, 1.54) is 0 Å². The SMILES string of the molecule is CCCCOC(=O)c1ccc(NC(=S)NC(=O)CCCC)cc1. The number of amides is 1. The van der Waals surface area contributed by atoms with Crippen molar-refractivity contribution in [3.63, 3.8) is 0 Å². The zero-order valence-electron chi connectivity index (χ0n) is 13.7. The van der Waals surface area contributed by atoms with E-state index < -0.39 is 0 Å². The largest absolute Gasteiger partial charge is 0.462 e. The van der Waals surface area contributed by atoms with Gasteiger partial charge in [-0.1, -0.05) is 26.7 Å². The molecule has 0 aliphatic heterocycles. The third kappa shape index (κ3) is 7.74. The number of esters is 1. The number of carbonyl (C=O) groups excluding carboxylic acids is 2. The molecule has 6 heteroatoms. The van der Waals surface area contributed by atoms with Gasteiger partial charge >= 0.3 is 5.97 Å². The third-order valence-corrected chi connectivity index (χ3v) is 3.32. The van der Waals surface area contributed by atoms with Crippen molar-refractivity contribution in [1.82, 2.24) is 5.32 Å². The summed E-state index contributed by atoms with van der Waals surface area (Å²) in [7, 11) is 0. The number of anilines is 1. The first-order valence-corrected chi connectivity index (χ1v) is 8.35. The van der Waals surface area contributed by atoms with Gasteiger partial charge < -0.3 is 15.4 Å². The second-order valence-corrected chi connectivity index (χ2v) is 5.58. The summed E-state index contributed by atoms with van der Waals surface area (Å²) in [5, 5.41) is 5.79. The van der Waals surface area contributed by atoms with Crippen LogP contribution in [0.5, 0.6) is 0 Å². The number of unbranched alkanes of at least 4 members (excludes halogenated alkanes) is 2. The lowest BCUT2D eigenvalue weighted by Gasteiger charge is -2.10. The van der Waals surface area contributed by atoms with E-state index in [1.807, 2.05) is 13.8 Å². The maximum Gasteiger partial charge on any atom is 0.338 e. The average molecular weight is 336 g/mol. The predicted octanol–water partition coefficient (Wildman–Crippen LogP) is 3.65. The normalized spacial score (nSPS) is 10.0. The number of nitrogens with one attached hydrogen (secondary N) is 2. The van der Waals surface area contributed by atoms with Crippen molar-refractivity contribution in [3.05, 3.63) is 29.8 Å². The maximum atomic E-state index is 11.8. The highest BCUT2D eigenvalue weighted by atomic mass is 32.1. The number of rotatable bonds is 8. The van der Waals surface area contributed by atoms with Crippen molar-refractivity contribution in [2.45, 2.75) is 46.0 Å². The van der Waals surface area contributed by atoms with Crippen LogP contribution in [0.1, 0.15) is 56.3 Å². The van der Waals surface area contributed by atoms with Crippen LogP contribution >= 0.6 is 12.2 Å². The van der Waals surface area contributed by atoms with Gasteiger partial charge in [-0.2, -0.15) is 0 Å². The van der Waals surface area contributed by atoms with Gasteiger partial charge in [0.25, 0.3) is 0 Å². The van der Waals surface area contributed by atoms with E-state index in [0.717, 1.165) is 25.7 Å². The Kier molecular flexibility index (Phi) is 8.90. The molecule has 1 amide bonds. The molecule has 5 nitrogen and oxygen atoms in total. The minimum atomic E-state index is -0.333. The number of thiocarbonyl (C=S) groups is 1. The summed E-state index contributed by atoms with van der Waals surface area (Å²) in [5.41, 5.74) is 1.19. The smallest absolute Gasteiger partial charge is 0.338 e. The van der Waals surface area contributed by atoms with E-state index in [4.69, 9.17) is 17.0 Å². The number of ether oxygens (including phenoxy) is 1. The zero-order chi connectivity index (χ0) is 17.1. The summed E-state index contributed by atoms with van der Waals surface area (Å²) in [5.74, 6) is -0.430. The Bertz CT molecular complexity index is 529. The van der Waals surface area contributed by atoms with E-state index in [9.17, 15) is 9.59 Å². The lowest BCUT2D eigenvalue weighted by molar-refractivity contribution is -0.119. The van der Waals surface area contributed by atoms with Gasteiger partial charge in [0, 0.05) is 12.1 Å². The molecule has 0 bridgehead atoms. The van der Waals surface area contributed by atoms with Crippen LogP contribution in [0.15, 0.2) is 24.3 Å². The Balaban J connectivity index is 2.45. The number of benzene rings is 1. The van der Waals surface area contributed by atoms with Gasteiger partial charge in [-0.05, 0) is 49.3 Å². The molecule has 0 fully saturated rings. The molecule has 1 aromatic rings. The van der Waals surface area contributed by atoms with Crippen LogP contribution in [0.25, 0.3) is 0 Å². The molecular formula is C17H24N2O3S. The molecule has 1 rings (SSSR count). The Labute approximate surface area is 142 Å². The lowest BCUT2D eigenvalue weighted by Crippen LogP contribution is -2.33. The Hall–Kier alpha value is -1.95. The van der Waals surface area contributed by atoms with Crippen molar-refractivity contribution in [2.75, 3.05) is 11.9 Å². The van der Waals surface area contributed by atoms with Crippen molar-refractivity contribution in [3.8, 4) is 0 Å². The fraction of sp³-hybridized carbons (Fsp3) is 0.471. The molecule has 0 heterocycles. The molecule has 0 spiro atoms. The van der Waals surface area contributed by atoms with Crippen molar-refractivity contribution in [2.24, 2.45) is 0 Å². The molecule has 0 aromatic heterocycles. The monoisotopic (exact) mass is 336 g/mol. The van der Waals surface area contributed by atoms with Crippen LogP contribution in [-0.4, -0.2) is 23.6 Å². The Morgan fingerprint density at radius 1 is 1.09 bits per heavy atom. The molecule has 0 aliphatic rings. The van der Waals surface area contributed by atoms with Crippen molar-refractivity contribution >= 4 is 34.9 Å².